The molecule has 1 aliphatic carbocycles. The number of rotatable bonds is 6. The first-order chi connectivity index (χ1) is 13.5. The van der Waals surface area contributed by atoms with Crippen LogP contribution in [-0.4, -0.2) is 18.6 Å². The first-order valence-corrected chi connectivity index (χ1v) is 10.8. The maximum Gasteiger partial charge on any atom is 0.127 e. The number of fused-ring (bicyclic) bond motifs is 1. The minimum Gasteiger partial charge on any atom is -0.485 e. The van der Waals surface area contributed by atoms with E-state index in [9.17, 15) is 0 Å². The highest BCUT2D eigenvalue weighted by Gasteiger charge is 2.40. The van der Waals surface area contributed by atoms with Crippen LogP contribution in [-0.2, 0) is 6.42 Å². The van der Waals surface area contributed by atoms with Gasteiger partial charge in [-0.05, 0) is 74.8 Å². The average Bonchev–Trinajstić information content (AvgIpc) is 3.23. The van der Waals surface area contributed by atoms with E-state index in [1.54, 1.807) is 0 Å². The number of hydrogen-bond donors (Lipinski definition) is 2. The normalized spacial score (nSPS) is 29.1. The summed E-state index contributed by atoms with van der Waals surface area (Å²) in [6.45, 7) is 8.49. The van der Waals surface area contributed by atoms with Crippen LogP contribution < -0.4 is 15.8 Å². The summed E-state index contributed by atoms with van der Waals surface area (Å²) >= 11 is 0. The van der Waals surface area contributed by atoms with Gasteiger partial charge in [0, 0.05) is 18.0 Å². The number of hydrogen-bond acceptors (Lipinski definition) is 3. The maximum atomic E-state index is 6.67. The van der Waals surface area contributed by atoms with Crippen molar-refractivity contribution in [1.29, 1.82) is 0 Å². The van der Waals surface area contributed by atoms with E-state index in [1.807, 2.05) is 0 Å². The molecule has 4 atom stereocenters. The lowest BCUT2D eigenvalue weighted by Gasteiger charge is -2.31. The second-order valence-corrected chi connectivity index (χ2v) is 8.96. The molecule has 0 saturated carbocycles. The van der Waals surface area contributed by atoms with Crippen molar-refractivity contribution in [2.24, 2.45) is 17.6 Å². The Morgan fingerprint density at radius 3 is 2.75 bits per heavy atom. The Kier molecular flexibility index (Phi) is 5.48. The lowest BCUT2D eigenvalue weighted by Crippen LogP contribution is -2.47. The summed E-state index contributed by atoms with van der Waals surface area (Å²) in [5.41, 5.74) is 11.9. The quantitative estimate of drug-likeness (QED) is 0.766. The second kappa shape index (κ2) is 7.88. The minimum atomic E-state index is -0.0463. The molecule has 0 spiro atoms. The third-order valence-corrected chi connectivity index (χ3v) is 7.06. The van der Waals surface area contributed by atoms with E-state index in [2.05, 4.69) is 68.6 Å². The number of aryl methyl sites for hydroxylation is 2. The highest BCUT2D eigenvalue weighted by Crippen LogP contribution is 2.43. The predicted molar refractivity (Wildman–Crippen MR) is 116 cm³/mol. The third-order valence-electron chi connectivity index (χ3n) is 7.06. The van der Waals surface area contributed by atoms with Crippen molar-refractivity contribution >= 4 is 0 Å². The molecule has 3 unspecified atom stereocenters. The van der Waals surface area contributed by atoms with Crippen LogP contribution in [0.15, 0.2) is 42.5 Å². The molecule has 0 aromatic heterocycles. The van der Waals surface area contributed by atoms with Crippen molar-refractivity contribution in [3.63, 3.8) is 0 Å². The number of nitrogens with two attached hydrogens (primary N) is 1. The molecule has 2 aromatic carbocycles. The summed E-state index contributed by atoms with van der Waals surface area (Å²) in [5, 5.41) is 3.51. The summed E-state index contributed by atoms with van der Waals surface area (Å²) in [4.78, 5) is 0. The summed E-state index contributed by atoms with van der Waals surface area (Å²) < 4.78 is 6.65. The molecule has 28 heavy (non-hydrogen) atoms. The predicted octanol–water partition coefficient (Wildman–Crippen LogP) is 4.70. The number of nitrogens with one attached hydrogen (secondary N) is 1. The molecular formula is C25H34N2O. The van der Waals surface area contributed by atoms with Gasteiger partial charge in [0.1, 0.15) is 11.9 Å². The van der Waals surface area contributed by atoms with Crippen molar-refractivity contribution in [3.05, 3.63) is 64.7 Å². The molecule has 3 heteroatoms. The Balaban J connectivity index is 1.52. The van der Waals surface area contributed by atoms with Crippen molar-refractivity contribution in [1.82, 2.24) is 5.32 Å². The SMILES string of the molecule is CCC1(N)CNCC1CC[C@@H]1Cc2ccccc2C1Oc1ccc(C)cc1C. The molecule has 1 aliphatic heterocycles. The van der Waals surface area contributed by atoms with Crippen molar-refractivity contribution in [3.8, 4) is 5.75 Å². The Bertz CT molecular complexity index is 833. The van der Waals surface area contributed by atoms with Crippen LogP contribution in [0.5, 0.6) is 5.75 Å². The molecule has 150 valence electrons. The van der Waals surface area contributed by atoms with Gasteiger partial charge in [-0.3, -0.25) is 0 Å². The maximum absolute atomic E-state index is 6.67. The topological polar surface area (TPSA) is 47.3 Å². The van der Waals surface area contributed by atoms with Crippen LogP contribution in [0, 0.1) is 25.7 Å². The fraction of sp³-hybridized carbons (Fsp3) is 0.520. The van der Waals surface area contributed by atoms with E-state index in [1.165, 1.54) is 28.7 Å². The number of benzene rings is 2. The Morgan fingerprint density at radius 1 is 1.14 bits per heavy atom. The molecule has 0 radical (unpaired) electrons. The molecule has 3 N–H and O–H groups in total. The van der Waals surface area contributed by atoms with Gasteiger partial charge in [-0.1, -0.05) is 48.9 Å². The zero-order chi connectivity index (χ0) is 19.7. The van der Waals surface area contributed by atoms with E-state index < -0.39 is 0 Å². The standard InChI is InChI=1S/C25H34N2O/c1-4-25(26)16-27-15-21(25)11-10-20-14-19-7-5-6-8-22(19)24(20)28-23-12-9-17(2)13-18(23)3/h5-9,12-13,20-21,24,27H,4,10-11,14-16,26H2,1-3H3/t20-,21?,24?,25?/m1/s1. The van der Waals surface area contributed by atoms with Crippen LogP contribution in [0.4, 0.5) is 0 Å². The fourth-order valence-corrected chi connectivity index (χ4v) is 5.17. The van der Waals surface area contributed by atoms with Crippen LogP contribution in [0.25, 0.3) is 0 Å². The van der Waals surface area contributed by atoms with Gasteiger partial charge >= 0.3 is 0 Å². The van der Waals surface area contributed by atoms with E-state index in [4.69, 9.17) is 10.5 Å². The lowest BCUT2D eigenvalue weighted by molar-refractivity contribution is 0.134. The highest BCUT2D eigenvalue weighted by molar-refractivity contribution is 5.39. The van der Waals surface area contributed by atoms with Gasteiger partial charge in [0.2, 0.25) is 0 Å². The molecule has 1 fully saturated rings. The molecule has 2 aromatic rings. The lowest BCUT2D eigenvalue weighted by atomic mass is 9.80. The Morgan fingerprint density at radius 2 is 1.96 bits per heavy atom. The van der Waals surface area contributed by atoms with E-state index in [0.29, 0.717) is 11.8 Å². The fourth-order valence-electron chi connectivity index (χ4n) is 5.17. The van der Waals surface area contributed by atoms with Gasteiger partial charge < -0.3 is 15.8 Å². The first kappa shape index (κ1) is 19.5. The molecule has 0 amide bonds. The highest BCUT2D eigenvalue weighted by atomic mass is 16.5. The second-order valence-electron chi connectivity index (χ2n) is 8.96. The summed E-state index contributed by atoms with van der Waals surface area (Å²) in [7, 11) is 0. The molecule has 3 nitrogen and oxygen atoms in total. The van der Waals surface area contributed by atoms with Gasteiger partial charge in [-0.25, -0.2) is 0 Å². The molecular weight excluding hydrogens is 344 g/mol. The summed E-state index contributed by atoms with van der Waals surface area (Å²) in [5.74, 6) is 2.09. The molecule has 4 rings (SSSR count). The first-order valence-electron chi connectivity index (χ1n) is 10.8. The van der Waals surface area contributed by atoms with Crippen LogP contribution in [0.3, 0.4) is 0 Å². The Labute approximate surface area is 169 Å². The smallest absolute Gasteiger partial charge is 0.127 e. The zero-order valence-corrected chi connectivity index (χ0v) is 17.5. The van der Waals surface area contributed by atoms with Crippen LogP contribution >= 0.6 is 0 Å². The monoisotopic (exact) mass is 378 g/mol. The van der Waals surface area contributed by atoms with Gasteiger partial charge in [0.25, 0.3) is 0 Å². The van der Waals surface area contributed by atoms with Crippen molar-refractivity contribution < 1.29 is 4.74 Å². The molecule has 1 saturated heterocycles. The minimum absolute atomic E-state index is 0.0463. The van der Waals surface area contributed by atoms with E-state index >= 15 is 0 Å². The van der Waals surface area contributed by atoms with Crippen molar-refractivity contribution in [2.75, 3.05) is 13.1 Å². The molecule has 1 heterocycles. The average molecular weight is 379 g/mol. The van der Waals surface area contributed by atoms with E-state index in [0.717, 1.165) is 38.1 Å². The largest absolute Gasteiger partial charge is 0.485 e. The Hall–Kier alpha value is -1.84. The zero-order valence-electron chi connectivity index (χ0n) is 17.5. The number of ether oxygens (including phenoxy) is 1. The van der Waals surface area contributed by atoms with Gasteiger partial charge in [-0.15, -0.1) is 0 Å². The van der Waals surface area contributed by atoms with Gasteiger partial charge in [0.15, 0.2) is 0 Å². The van der Waals surface area contributed by atoms with E-state index in [-0.39, 0.29) is 11.6 Å². The molecule has 2 aliphatic rings. The van der Waals surface area contributed by atoms with Gasteiger partial charge in [-0.2, -0.15) is 0 Å². The van der Waals surface area contributed by atoms with Gasteiger partial charge in [0.05, 0.1) is 0 Å². The van der Waals surface area contributed by atoms with Crippen LogP contribution in [0.1, 0.15) is 54.5 Å². The third kappa shape index (κ3) is 3.70. The summed E-state index contributed by atoms with van der Waals surface area (Å²) in [6.07, 6.45) is 4.62. The summed E-state index contributed by atoms with van der Waals surface area (Å²) in [6, 6.07) is 15.3. The molecule has 0 bridgehead atoms. The van der Waals surface area contributed by atoms with Crippen LogP contribution in [0.2, 0.25) is 0 Å². The van der Waals surface area contributed by atoms with Crippen molar-refractivity contribution in [2.45, 2.75) is 58.1 Å².